The van der Waals surface area contributed by atoms with Crippen LogP contribution in [-0.2, 0) is 13.0 Å². The predicted molar refractivity (Wildman–Crippen MR) is 161 cm³/mol. The zero-order valence-electron chi connectivity index (χ0n) is 24.8. The van der Waals surface area contributed by atoms with E-state index in [-0.39, 0.29) is 17.1 Å². The van der Waals surface area contributed by atoms with Crippen molar-refractivity contribution in [2.24, 2.45) is 0 Å². The van der Waals surface area contributed by atoms with Gasteiger partial charge in [-0.15, -0.1) is 0 Å². The van der Waals surface area contributed by atoms with Crippen molar-refractivity contribution in [1.82, 2.24) is 35.7 Å². The van der Waals surface area contributed by atoms with Gasteiger partial charge in [-0.25, -0.2) is 4.79 Å². The summed E-state index contributed by atoms with van der Waals surface area (Å²) in [5, 5.41) is 14.9. The van der Waals surface area contributed by atoms with Crippen LogP contribution in [0.4, 0.5) is 16.3 Å². The summed E-state index contributed by atoms with van der Waals surface area (Å²) in [5.41, 5.74) is 6.95. The second-order valence-electron chi connectivity index (χ2n) is 13.2. The number of hydrogen-bond acceptors (Lipinski definition) is 8. The number of fused-ring (bicyclic) bond motifs is 3. The van der Waals surface area contributed by atoms with E-state index in [0.29, 0.717) is 25.7 Å². The van der Waals surface area contributed by atoms with Gasteiger partial charge in [0.15, 0.2) is 0 Å². The van der Waals surface area contributed by atoms with Crippen LogP contribution in [0.2, 0.25) is 0 Å². The molecule has 5 aliphatic rings. The van der Waals surface area contributed by atoms with Gasteiger partial charge in [0.2, 0.25) is 0 Å². The van der Waals surface area contributed by atoms with Gasteiger partial charge in [-0.2, -0.15) is 15.1 Å². The van der Waals surface area contributed by atoms with Crippen molar-refractivity contribution >= 4 is 28.4 Å². The van der Waals surface area contributed by atoms with E-state index < -0.39 is 0 Å². The van der Waals surface area contributed by atoms with Crippen LogP contribution in [0.1, 0.15) is 60.9 Å². The SMILES string of the molecule is Cc1cc2[nH]ncc2c(N2CCc3c(nc(OCC45CCCN4CCC5)nc3N3CCCC4(CNC(=O)N4)C3)C2)c1C. The van der Waals surface area contributed by atoms with Gasteiger partial charge in [0.1, 0.15) is 12.4 Å². The Labute approximate surface area is 246 Å². The zero-order chi connectivity index (χ0) is 28.5. The molecule has 1 aromatic carbocycles. The quantitative estimate of drug-likeness (QED) is 0.428. The maximum absolute atomic E-state index is 12.1. The Bertz CT molecular complexity index is 1540. The second-order valence-corrected chi connectivity index (χ2v) is 13.2. The number of benzene rings is 1. The number of urea groups is 1. The minimum Gasteiger partial charge on any atom is -0.461 e. The zero-order valence-corrected chi connectivity index (χ0v) is 24.8. The molecule has 222 valence electrons. The molecule has 4 saturated heterocycles. The van der Waals surface area contributed by atoms with Gasteiger partial charge >= 0.3 is 12.0 Å². The van der Waals surface area contributed by atoms with Gasteiger partial charge in [-0.05, 0) is 89.1 Å². The van der Waals surface area contributed by atoms with Crippen LogP contribution in [0.15, 0.2) is 12.3 Å². The smallest absolute Gasteiger partial charge is 0.318 e. The summed E-state index contributed by atoms with van der Waals surface area (Å²) < 4.78 is 6.56. The average molecular weight is 572 g/mol. The lowest BCUT2D eigenvalue weighted by Gasteiger charge is -2.42. The highest BCUT2D eigenvalue weighted by Gasteiger charge is 2.46. The summed E-state index contributed by atoms with van der Waals surface area (Å²) in [6.45, 7) is 11.2. The number of aromatic nitrogens is 4. The first-order valence-electron chi connectivity index (χ1n) is 15.7. The third kappa shape index (κ3) is 4.19. The largest absolute Gasteiger partial charge is 0.461 e. The molecular formula is C31H41N9O2. The number of aromatic amines is 1. The van der Waals surface area contributed by atoms with E-state index in [1.807, 2.05) is 6.20 Å². The molecule has 42 heavy (non-hydrogen) atoms. The van der Waals surface area contributed by atoms with Crippen molar-refractivity contribution in [2.75, 3.05) is 55.7 Å². The molecule has 0 bridgehead atoms. The number of carbonyl (C=O) groups excluding carboxylic acids is 1. The first-order valence-corrected chi connectivity index (χ1v) is 15.7. The number of aryl methyl sites for hydroxylation is 1. The van der Waals surface area contributed by atoms with E-state index in [2.05, 4.69) is 55.4 Å². The Hall–Kier alpha value is -3.60. The molecule has 0 aliphatic carbocycles. The molecule has 0 radical (unpaired) electrons. The lowest BCUT2D eigenvalue weighted by atomic mass is 9.89. The normalized spacial score (nSPS) is 25.1. The van der Waals surface area contributed by atoms with Gasteiger partial charge in [0.25, 0.3) is 0 Å². The van der Waals surface area contributed by atoms with Crippen LogP contribution in [0.5, 0.6) is 6.01 Å². The lowest BCUT2D eigenvalue weighted by molar-refractivity contribution is 0.107. The molecule has 1 unspecified atom stereocenters. The van der Waals surface area contributed by atoms with E-state index in [9.17, 15) is 4.79 Å². The van der Waals surface area contributed by atoms with E-state index in [1.54, 1.807) is 0 Å². The molecule has 11 heteroatoms. The number of nitrogens with one attached hydrogen (secondary N) is 3. The van der Waals surface area contributed by atoms with E-state index >= 15 is 0 Å². The highest BCUT2D eigenvalue weighted by atomic mass is 16.5. The molecule has 5 aliphatic heterocycles. The molecule has 8 rings (SSSR count). The minimum atomic E-state index is -0.256. The fourth-order valence-electron chi connectivity index (χ4n) is 8.42. The molecule has 4 fully saturated rings. The molecule has 0 saturated carbocycles. The Morgan fingerprint density at radius 3 is 2.67 bits per heavy atom. The van der Waals surface area contributed by atoms with Gasteiger partial charge in [-0.1, -0.05) is 0 Å². The van der Waals surface area contributed by atoms with E-state index in [4.69, 9.17) is 14.7 Å². The predicted octanol–water partition coefficient (Wildman–Crippen LogP) is 3.19. The minimum absolute atomic E-state index is 0.0720. The van der Waals surface area contributed by atoms with Crippen molar-refractivity contribution in [3.05, 3.63) is 34.6 Å². The van der Waals surface area contributed by atoms with E-state index in [1.165, 1.54) is 61.2 Å². The average Bonchev–Trinajstić information content (AvgIpc) is 3.77. The standard InChI is InChI=1S/C31H41N9O2/c1-20-14-24-23(15-33-37-24)26(21(20)2)38-13-6-22-25(16-38)34-29(42-19-31-8-4-11-40(31)12-5-9-31)35-27(22)39-10-3-7-30(18-39)17-32-28(41)36-30/h14-15H,3-13,16-19H2,1-2H3,(H,33,37)(H2,32,36,41). The number of carbonyl (C=O) groups is 1. The number of anilines is 2. The maximum atomic E-state index is 12.1. The Kier molecular flexibility index (Phi) is 6.03. The molecule has 11 nitrogen and oxygen atoms in total. The number of piperidine rings is 1. The molecule has 2 amide bonds. The van der Waals surface area contributed by atoms with Crippen molar-refractivity contribution in [1.29, 1.82) is 0 Å². The number of ether oxygens (including phenoxy) is 1. The highest BCUT2D eigenvalue weighted by molar-refractivity contribution is 5.94. The fourth-order valence-corrected chi connectivity index (χ4v) is 8.42. The summed E-state index contributed by atoms with van der Waals surface area (Å²) in [6, 6.07) is 2.60. The van der Waals surface area contributed by atoms with Crippen LogP contribution in [-0.4, -0.2) is 88.0 Å². The third-order valence-electron chi connectivity index (χ3n) is 10.7. The van der Waals surface area contributed by atoms with Crippen LogP contribution in [0, 0.1) is 13.8 Å². The summed E-state index contributed by atoms with van der Waals surface area (Å²) in [7, 11) is 0. The Morgan fingerprint density at radius 2 is 1.86 bits per heavy atom. The first kappa shape index (κ1) is 26.1. The molecule has 2 aromatic heterocycles. The van der Waals surface area contributed by atoms with Crippen LogP contribution in [0.3, 0.4) is 0 Å². The van der Waals surface area contributed by atoms with Crippen LogP contribution in [0.25, 0.3) is 10.9 Å². The van der Waals surface area contributed by atoms with Crippen molar-refractivity contribution in [2.45, 2.75) is 76.4 Å². The summed E-state index contributed by atoms with van der Waals surface area (Å²) >= 11 is 0. The molecule has 1 spiro atoms. The third-order valence-corrected chi connectivity index (χ3v) is 10.7. The topological polar surface area (TPSA) is 115 Å². The summed E-state index contributed by atoms with van der Waals surface area (Å²) in [4.78, 5) is 29.8. The monoisotopic (exact) mass is 571 g/mol. The van der Waals surface area contributed by atoms with E-state index in [0.717, 1.165) is 61.3 Å². The molecule has 3 aromatic rings. The fraction of sp³-hybridized carbons (Fsp3) is 0.613. The summed E-state index contributed by atoms with van der Waals surface area (Å²) in [6.07, 6.45) is 9.62. The van der Waals surface area contributed by atoms with Crippen molar-refractivity contribution < 1.29 is 9.53 Å². The van der Waals surface area contributed by atoms with Crippen molar-refractivity contribution in [3.63, 3.8) is 0 Å². The number of H-pyrrole nitrogens is 1. The second kappa shape index (κ2) is 9.72. The maximum Gasteiger partial charge on any atom is 0.318 e. The number of hydrogen-bond donors (Lipinski definition) is 3. The molecule has 3 N–H and O–H groups in total. The highest BCUT2D eigenvalue weighted by Crippen LogP contribution is 2.41. The van der Waals surface area contributed by atoms with Gasteiger partial charge in [-0.3, -0.25) is 10.00 Å². The number of nitrogens with zero attached hydrogens (tertiary/aromatic N) is 6. The molecule has 7 heterocycles. The first-order chi connectivity index (χ1) is 20.4. The van der Waals surface area contributed by atoms with Gasteiger partial charge in [0, 0.05) is 37.1 Å². The Balaban J connectivity index is 1.15. The molecule has 1 atom stereocenters. The van der Waals surface area contributed by atoms with Crippen LogP contribution < -0.4 is 25.2 Å². The number of rotatable bonds is 5. The van der Waals surface area contributed by atoms with Crippen molar-refractivity contribution in [3.8, 4) is 6.01 Å². The van der Waals surface area contributed by atoms with Crippen LogP contribution >= 0.6 is 0 Å². The lowest BCUT2D eigenvalue weighted by Crippen LogP contribution is -2.56. The Morgan fingerprint density at radius 1 is 1.02 bits per heavy atom. The summed E-state index contributed by atoms with van der Waals surface area (Å²) in [5.74, 6) is 0.983. The van der Waals surface area contributed by atoms with Gasteiger partial charge in [0.05, 0.1) is 40.7 Å². The number of amides is 2. The molecular weight excluding hydrogens is 530 g/mol. The van der Waals surface area contributed by atoms with Gasteiger partial charge < -0.3 is 25.2 Å².